The summed E-state index contributed by atoms with van der Waals surface area (Å²) in [5.41, 5.74) is 2.10. The number of carbonyl (C=O) groups excluding carboxylic acids is 1. The smallest absolute Gasteiger partial charge is 0.233 e. The highest BCUT2D eigenvalue weighted by molar-refractivity contribution is 5.89. The molecule has 3 heterocycles. The van der Waals surface area contributed by atoms with Crippen LogP contribution >= 0.6 is 0 Å². The average Bonchev–Trinajstić information content (AvgIpc) is 3.24. The maximum absolute atomic E-state index is 12.6. The Morgan fingerprint density at radius 3 is 3.08 bits per heavy atom. The number of H-pyrrole nitrogens is 1. The number of rotatable bonds is 4. The lowest BCUT2D eigenvalue weighted by Crippen LogP contribution is -2.32. The van der Waals surface area contributed by atoms with Crippen LogP contribution in [0.5, 0.6) is 5.88 Å². The van der Waals surface area contributed by atoms with Gasteiger partial charge in [0.25, 0.3) is 0 Å². The largest absolute Gasteiger partial charge is 0.471 e. The first-order chi connectivity index (χ1) is 11.8. The molecule has 0 spiro atoms. The van der Waals surface area contributed by atoms with Crippen LogP contribution in [0.15, 0.2) is 48.8 Å². The molecule has 1 aliphatic heterocycles. The van der Waals surface area contributed by atoms with Crippen LogP contribution in [0.3, 0.4) is 0 Å². The molecule has 24 heavy (non-hydrogen) atoms. The molecule has 1 saturated heterocycles. The first-order valence-electron chi connectivity index (χ1n) is 8.07. The van der Waals surface area contributed by atoms with Crippen LogP contribution in [-0.2, 0) is 11.2 Å². The zero-order valence-corrected chi connectivity index (χ0v) is 13.2. The number of ether oxygens (including phenoxy) is 1. The van der Waals surface area contributed by atoms with Gasteiger partial charge in [0.2, 0.25) is 11.8 Å². The second kappa shape index (κ2) is 6.31. The minimum Gasteiger partial charge on any atom is -0.471 e. The Morgan fingerprint density at radius 2 is 2.21 bits per heavy atom. The van der Waals surface area contributed by atoms with E-state index in [9.17, 15) is 4.79 Å². The van der Waals surface area contributed by atoms with Crippen molar-refractivity contribution in [3.05, 3.63) is 54.4 Å². The van der Waals surface area contributed by atoms with E-state index in [4.69, 9.17) is 4.74 Å². The van der Waals surface area contributed by atoms with E-state index in [1.165, 1.54) is 0 Å². The summed E-state index contributed by atoms with van der Waals surface area (Å²) in [7, 11) is 0. The summed E-state index contributed by atoms with van der Waals surface area (Å²) in [4.78, 5) is 17.7. The van der Waals surface area contributed by atoms with Gasteiger partial charge in [0.05, 0.1) is 13.0 Å². The molecule has 1 aromatic carbocycles. The summed E-state index contributed by atoms with van der Waals surface area (Å²) in [6.45, 7) is 1.31. The first-order valence-corrected chi connectivity index (χ1v) is 8.07. The average molecular weight is 322 g/mol. The standard InChI is InChI=1S/C18H18N4O2/c23-18(10-13-11-19-16-5-2-1-4-15(13)16)22-9-7-14(12-22)24-17-6-3-8-20-21-17/h1-6,8,11,14,19H,7,9-10,12H2. The van der Waals surface area contributed by atoms with Crippen molar-refractivity contribution in [3.63, 3.8) is 0 Å². The van der Waals surface area contributed by atoms with Crippen LogP contribution in [0.2, 0.25) is 0 Å². The molecule has 2 aromatic heterocycles. The van der Waals surface area contributed by atoms with Gasteiger partial charge in [-0.2, -0.15) is 5.10 Å². The van der Waals surface area contributed by atoms with Crippen LogP contribution in [0.4, 0.5) is 0 Å². The SMILES string of the molecule is O=C(Cc1c[nH]c2ccccc12)N1CCC(Oc2cccnn2)C1. The number of benzene rings is 1. The molecule has 0 bridgehead atoms. The monoisotopic (exact) mass is 322 g/mol. The molecular formula is C18H18N4O2. The van der Waals surface area contributed by atoms with Gasteiger partial charge >= 0.3 is 0 Å². The Hall–Kier alpha value is -2.89. The highest BCUT2D eigenvalue weighted by atomic mass is 16.5. The van der Waals surface area contributed by atoms with Crippen LogP contribution in [-0.4, -0.2) is 45.2 Å². The van der Waals surface area contributed by atoms with Gasteiger partial charge in [-0.3, -0.25) is 4.79 Å². The molecule has 1 unspecified atom stereocenters. The third kappa shape index (κ3) is 2.95. The van der Waals surface area contributed by atoms with Gasteiger partial charge in [-0.1, -0.05) is 18.2 Å². The minimum atomic E-state index is -0.0198. The van der Waals surface area contributed by atoms with Crippen molar-refractivity contribution >= 4 is 16.8 Å². The molecular weight excluding hydrogens is 304 g/mol. The molecule has 1 amide bonds. The Bertz CT molecular complexity index is 846. The van der Waals surface area contributed by atoms with E-state index in [1.807, 2.05) is 35.4 Å². The predicted molar refractivity (Wildman–Crippen MR) is 89.6 cm³/mol. The molecule has 1 N–H and O–H groups in total. The van der Waals surface area contributed by atoms with Crippen molar-refractivity contribution in [2.45, 2.75) is 18.9 Å². The van der Waals surface area contributed by atoms with Crippen molar-refractivity contribution in [2.24, 2.45) is 0 Å². The highest BCUT2D eigenvalue weighted by Gasteiger charge is 2.28. The van der Waals surface area contributed by atoms with Gasteiger partial charge < -0.3 is 14.6 Å². The maximum Gasteiger partial charge on any atom is 0.233 e. The molecule has 1 atom stereocenters. The Morgan fingerprint density at radius 1 is 1.29 bits per heavy atom. The maximum atomic E-state index is 12.6. The summed E-state index contributed by atoms with van der Waals surface area (Å²) in [5.74, 6) is 0.637. The quantitative estimate of drug-likeness (QED) is 0.799. The zero-order chi connectivity index (χ0) is 16.4. The lowest BCUT2D eigenvalue weighted by Gasteiger charge is -2.16. The van der Waals surface area contributed by atoms with Gasteiger partial charge in [-0.05, 0) is 17.7 Å². The molecule has 6 nitrogen and oxygen atoms in total. The number of likely N-dealkylation sites (tertiary alicyclic amines) is 1. The number of hydrogen-bond acceptors (Lipinski definition) is 4. The number of nitrogens with zero attached hydrogens (tertiary/aromatic N) is 3. The fourth-order valence-electron chi connectivity index (χ4n) is 3.12. The Balaban J connectivity index is 1.39. The number of amides is 1. The molecule has 0 aliphatic carbocycles. The van der Waals surface area contributed by atoms with Gasteiger partial charge in [0, 0.05) is 42.3 Å². The molecule has 6 heteroatoms. The summed E-state index contributed by atoms with van der Waals surface area (Å²) < 4.78 is 5.79. The molecule has 4 rings (SSSR count). The number of fused-ring (bicyclic) bond motifs is 1. The van der Waals surface area contributed by atoms with Crippen LogP contribution in [0.25, 0.3) is 10.9 Å². The van der Waals surface area contributed by atoms with Gasteiger partial charge in [-0.15, -0.1) is 5.10 Å². The fraction of sp³-hybridized carbons (Fsp3) is 0.278. The third-order valence-electron chi connectivity index (χ3n) is 4.35. The zero-order valence-electron chi connectivity index (χ0n) is 13.2. The van der Waals surface area contributed by atoms with Crippen molar-refractivity contribution in [2.75, 3.05) is 13.1 Å². The summed E-state index contributed by atoms with van der Waals surface area (Å²) in [6.07, 6.45) is 4.73. The number of aromatic nitrogens is 3. The minimum absolute atomic E-state index is 0.0198. The van der Waals surface area contributed by atoms with E-state index in [0.717, 1.165) is 22.9 Å². The summed E-state index contributed by atoms with van der Waals surface area (Å²) >= 11 is 0. The molecule has 1 aliphatic rings. The highest BCUT2D eigenvalue weighted by Crippen LogP contribution is 2.21. The molecule has 0 saturated carbocycles. The number of carbonyl (C=O) groups is 1. The fourth-order valence-corrected chi connectivity index (χ4v) is 3.12. The molecule has 0 radical (unpaired) electrons. The lowest BCUT2D eigenvalue weighted by molar-refractivity contribution is -0.129. The van der Waals surface area contributed by atoms with E-state index in [2.05, 4.69) is 15.2 Å². The molecule has 3 aromatic rings. The second-order valence-corrected chi connectivity index (χ2v) is 5.97. The lowest BCUT2D eigenvalue weighted by atomic mass is 10.1. The van der Waals surface area contributed by atoms with Gasteiger partial charge in [-0.25, -0.2) is 0 Å². The van der Waals surface area contributed by atoms with E-state index >= 15 is 0 Å². The number of para-hydroxylation sites is 1. The second-order valence-electron chi connectivity index (χ2n) is 5.97. The normalized spacial score (nSPS) is 17.3. The Kier molecular flexibility index (Phi) is 3.86. The summed E-state index contributed by atoms with van der Waals surface area (Å²) in [6, 6.07) is 11.6. The van der Waals surface area contributed by atoms with Crippen LogP contribution in [0, 0.1) is 0 Å². The third-order valence-corrected chi connectivity index (χ3v) is 4.35. The predicted octanol–water partition coefficient (Wildman–Crippen LogP) is 2.18. The van der Waals surface area contributed by atoms with Crippen LogP contribution < -0.4 is 4.74 Å². The van der Waals surface area contributed by atoms with E-state index in [-0.39, 0.29) is 12.0 Å². The number of hydrogen-bond donors (Lipinski definition) is 1. The van der Waals surface area contributed by atoms with Gasteiger partial charge in [0.1, 0.15) is 6.10 Å². The van der Waals surface area contributed by atoms with E-state index in [0.29, 0.717) is 25.4 Å². The molecule has 1 fully saturated rings. The summed E-state index contributed by atoms with van der Waals surface area (Å²) in [5, 5.41) is 8.84. The van der Waals surface area contributed by atoms with Crippen molar-refractivity contribution in [3.8, 4) is 5.88 Å². The van der Waals surface area contributed by atoms with E-state index < -0.39 is 0 Å². The number of aromatic amines is 1. The van der Waals surface area contributed by atoms with Crippen molar-refractivity contribution < 1.29 is 9.53 Å². The number of nitrogens with one attached hydrogen (secondary N) is 1. The van der Waals surface area contributed by atoms with Gasteiger partial charge in [0.15, 0.2) is 0 Å². The van der Waals surface area contributed by atoms with Crippen LogP contribution in [0.1, 0.15) is 12.0 Å². The Labute approximate surface area is 139 Å². The van der Waals surface area contributed by atoms with E-state index in [1.54, 1.807) is 18.3 Å². The van der Waals surface area contributed by atoms with Crippen molar-refractivity contribution in [1.82, 2.24) is 20.1 Å². The van der Waals surface area contributed by atoms with Crippen molar-refractivity contribution in [1.29, 1.82) is 0 Å². The first kappa shape index (κ1) is 14.7. The molecule has 122 valence electrons. The topological polar surface area (TPSA) is 71.1 Å².